The van der Waals surface area contributed by atoms with Crippen LogP contribution in [-0.2, 0) is 4.74 Å². The first kappa shape index (κ1) is 12.1. The van der Waals surface area contributed by atoms with Crippen LogP contribution in [0.1, 0.15) is 6.42 Å². The Morgan fingerprint density at radius 3 is 2.78 bits per heavy atom. The number of benzene rings is 1. The fourth-order valence-electron chi connectivity index (χ4n) is 2.12. The second kappa shape index (κ2) is 5.38. The van der Waals surface area contributed by atoms with Gasteiger partial charge in [0.2, 0.25) is 0 Å². The number of thioether (sulfide) groups is 1. The molecule has 2 aliphatic rings. The van der Waals surface area contributed by atoms with E-state index in [1.54, 1.807) is 11.8 Å². The molecule has 3 rings (SSSR count). The van der Waals surface area contributed by atoms with E-state index < -0.39 is 0 Å². The van der Waals surface area contributed by atoms with Crippen LogP contribution >= 0.6 is 11.8 Å². The Morgan fingerprint density at radius 2 is 1.94 bits per heavy atom. The fourth-order valence-corrected chi connectivity index (χ4v) is 3.27. The highest BCUT2D eigenvalue weighted by atomic mass is 32.2. The zero-order valence-electron chi connectivity index (χ0n) is 10.1. The van der Waals surface area contributed by atoms with E-state index in [4.69, 9.17) is 19.9 Å². The maximum Gasteiger partial charge on any atom is 0.162 e. The van der Waals surface area contributed by atoms with Gasteiger partial charge in [-0.05, 0) is 24.6 Å². The molecule has 1 aromatic carbocycles. The Balaban J connectivity index is 1.72. The van der Waals surface area contributed by atoms with Crippen LogP contribution in [-0.4, -0.2) is 37.7 Å². The monoisotopic (exact) mass is 267 g/mol. The number of hydrogen-bond acceptors (Lipinski definition) is 5. The van der Waals surface area contributed by atoms with Crippen LogP contribution in [0.4, 0.5) is 0 Å². The summed E-state index contributed by atoms with van der Waals surface area (Å²) < 4.78 is 16.6. The molecule has 1 fully saturated rings. The highest BCUT2D eigenvalue weighted by Crippen LogP contribution is 2.36. The van der Waals surface area contributed by atoms with Gasteiger partial charge in [-0.15, -0.1) is 11.8 Å². The minimum absolute atomic E-state index is 0.206. The lowest BCUT2D eigenvalue weighted by Crippen LogP contribution is -2.40. The maximum atomic E-state index is 6.11. The van der Waals surface area contributed by atoms with Gasteiger partial charge in [0.05, 0.1) is 6.61 Å². The third-order valence-corrected chi connectivity index (χ3v) is 4.47. The van der Waals surface area contributed by atoms with E-state index in [-0.39, 0.29) is 6.04 Å². The Morgan fingerprint density at radius 1 is 1.11 bits per heavy atom. The first-order valence-electron chi connectivity index (χ1n) is 6.22. The Kier molecular flexibility index (Phi) is 3.63. The Labute approximate surface area is 111 Å². The SMILES string of the molecule is NC1CCOCC1Sc1ccc2c(c1)OCCO2. The minimum Gasteiger partial charge on any atom is -0.486 e. The molecule has 2 unspecified atom stereocenters. The molecule has 2 N–H and O–H groups in total. The molecule has 1 saturated heterocycles. The molecule has 4 nitrogen and oxygen atoms in total. The van der Waals surface area contributed by atoms with E-state index in [0.29, 0.717) is 18.5 Å². The van der Waals surface area contributed by atoms with Gasteiger partial charge in [-0.2, -0.15) is 0 Å². The average Bonchev–Trinajstić information content (AvgIpc) is 2.41. The summed E-state index contributed by atoms with van der Waals surface area (Å²) >= 11 is 1.76. The summed E-state index contributed by atoms with van der Waals surface area (Å²) in [6.45, 7) is 2.74. The van der Waals surface area contributed by atoms with Crippen molar-refractivity contribution in [1.82, 2.24) is 0 Å². The van der Waals surface area contributed by atoms with Crippen LogP contribution in [0.25, 0.3) is 0 Å². The summed E-state index contributed by atoms with van der Waals surface area (Å²) in [5.74, 6) is 1.66. The molecule has 98 valence electrons. The van der Waals surface area contributed by atoms with E-state index in [1.165, 1.54) is 0 Å². The molecule has 1 aromatic rings. The number of rotatable bonds is 2. The normalized spacial score (nSPS) is 26.9. The second-order valence-electron chi connectivity index (χ2n) is 4.49. The minimum atomic E-state index is 0.206. The van der Waals surface area contributed by atoms with Crippen LogP contribution in [0.2, 0.25) is 0 Å². The van der Waals surface area contributed by atoms with Crippen molar-refractivity contribution >= 4 is 11.8 Å². The molecule has 2 atom stereocenters. The largest absolute Gasteiger partial charge is 0.486 e. The van der Waals surface area contributed by atoms with Crippen LogP contribution in [0.3, 0.4) is 0 Å². The molecular weight excluding hydrogens is 250 g/mol. The predicted octanol–water partition coefficient (Wildman–Crippen LogP) is 1.67. The van der Waals surface area contributed by atoms with E-state index in [1.807, 2.05) is 12.1 Å². The molecule has 5 heteroatoms. The summed E-state index contributed by atoms with van der Waals surface area (Å²) in [6, 6.07) is 6.25. The highest BCUT2D eigenvalue weighted by molar-refractivity contribution is 8.00. The number of fused-ring (bicyclic) bond motifs is 1. The molecule has 0 radical (unpaired) electrons. The first-order chi connectivity index (χ1) is 8.83. The molecule has 0 aromatic heterocycles. The van der Waals surface area contributed by atoms with E-state index in [0.717, 1.165) is 36.0 Å². The van der Waals surface area contributed by atoms with Crippen LogP contribution < -0.4 is 15.2 Å². The summed E-state index contributed by atoms with van der Waals surface area (Å²) in [4.78, 5) is 1.16. The van der Waals surface area contributed by atoms with Gasteiger partial charge < -0.3 is 19.9 Å². The van der Waals surface area contributed by atoms with E-state index >= 15 is 0 Å². The molecule has 0 spiro atoms. The Hall–Kier alpha value is -0.910. The number of ether oxygens (including phenoxy) is 3. The summed E-state index contributed by atoms with van der Waals surface area (Å²) in [7, 11) is 0. The molecule has 0 aliphatic carbocycles. The van der Waals surface area contributed by atoms with Crippen molar-refractivity contribution in [1.29, 1.82) is 0 Å². The van der Waals surface area contributed by atoms with Crippen molar-refractivity contribution in [3.8, 4) is 11.5 Å². The van der Waals surface area contributed by atoms with Crippen molar-refractivity contribution in [2.75, 3.05) is 26.4 Å². The standard InChI is InChI=1S/C13H17NO3S/c14-10-3-4-15-8-13(10)18-9-1-2-11-12(7-9)17-6-5-16-11/h1-2,7,10,13H,3-6,8,14H2. The van der Waals surface area contributed by atoms with Gasteiger partial charge in [0.25, 0.3) is 0 Å². The van der Waals surface area contributed by atoms with E-state index in [9.17, 15) is 0 Å². The maximum absolute atomic E-state index is 6.11. The zero-order valence-corrected chi connectivity index (χ0v) is 10.9. The fraction of sp³-hybridized carbons (Fsp3) is 0.538. The van der Waals surface area contributed by atoms with Crippen LogP contribution in [0.15, 0.2) is 23.1 Å². The molecular formula is C13H17NO3S. The topological polar surface area (TPSA) is 53.7 Å². The number of hydrogen-bond donors (Lipinski definition) is 1. The van der Waals surface area contributed by atoms with Gasteiger partial charge in [-0.3, -0.25) is 0 Å². The molecule has 0 saturated carbocycles. The number of nitrogens with two attached hydrogens (primary N) is 1. The summed E-state index contributed by atoms with van der Waals surface area (Å²) in [6.07, 6.45) is 0.933. The lowest BCUT2D eigenvalue weighted by molar-refractivity contribution is 0.0916. The quantitative estimate of drug-likeness (QED) is 0.883. The highest BCUT2D eigenvalue weighted by Gasteiger charge is 2.24. The Bertz CT molecular complexity index is 427. The zero-order chi connectivity index (χ0) is 12.4. The van der Waals surface area contributed by atoms with Crippen molar-refractivity contribution in [2.24, 2.45) is 5.73 Å². The third kappa shape index (κ3) is 2.58. The van der Waals surface area contributed by atoms with Gasteiger partial charge in [-0.25, -0.2) is 0 Å². The lowest BCUT2D eigenvalue weighted by atomic mass is 10.1. The first-order valence-corrected chi connectivity index (χ1v) is 7.10. The molecule has 2 aliphatic heterocycles. The lowest BCUT2D eigenvalue weighted by Gasteiger charge is -2.28. The molecule has 0 bridgehead atoms. The van der Waals surface area contributed by atoms with Crippen molar-refractivity contribution in [2.45, 2.75) is 22.6 Å². The third-order valence-electron chi connectivity index (χ3n) is 3.16. The average molecular weight is 267 g/mol. The van der Waals surface area contributed by atoms with E-state index in [2.05, 4.69) is 6.07 Å². The summed E-state index contributed by atoms with van der Waals surface area (Å²) in [5.41, 5.74) is 6.11. The van der Waals surface area contributed by atoms with Crippen molar-refractivity contribution < 1.29 is 14.2 Å². The second-order valence-corrected chi connectivity index (χ2v) is 5.80. The van der Waals surface area contributed by atoms with Crippen molar-refractivity contribution in [3.63, 3.8) is 0 Å². The molecule has 18 heavy (non-hydrogen) atoms. The molecule has 0 amide bonds. The van der Waals surface area contributed by atoms with Crippen LogP contribution in [0.5, 0.6) is 11.5 Å². The predicted molar refractivity (Wildman–Crippen MR) is 70.5 cm³/mol. The van der Waals surface area contributed by atoms with Gasteiger partial charge in [-0.1, -0.05) is 0 Å². The summed E-state index contributed by atoms with van der Waals surface area (Å²) in [5, 5.41) is 0.321. The van der Waals surface area contributed by atoms with Gasteiger partial charge in [0.1, 0.15) is 13.2 Å². The van der Waals surface area contributed by atoms with Gasteiger partial charge in [0.15, 0.2) is 11.5 Å². The van der Waals surface area contributed by atoms with Gasteiger partial charge >= 0.3 is 0 Å². The molecule has 2 heterocycles. The smallest absolute Gasteiger partial charge is 0.162 e. The van der Waals surface area contributed by atoms with Crippen LogP contribution in [0, 0.1) is 0 Å². The van der Waals surface area contributed by atoms with Crippen molar-refractivity contribution in [3.05, 3.63) is 18.2 Å². The van der Waals surface area contributed by atoms with Gasteiger partial charge in [0, 0.05) is 22.8 Å².